The molecule has 1 aliphatic carbocycles. The van der Waals surface area contributed by atoms with E-state index < -0.39 is 7.12 Å². The average Bonchev–Trinajstić information content (AvgIpc) is 3.43. The summed E-state index contributed by atoms with van der Waals surface area (Å²) in [6.45, 7) is 5.05. The zero-order valence-electron chi connectivity index (χ0n) is 16.4. The minimum Gasteiger partial charge on any atom is -0.423 e. The first-order valence-electron chi connectivity index (χ1n) is 10.7. The van der Waals surface area contributed by atoms with Crippen molar-refractivity contribution in [2.75, 3.05) is 19.6 Å². The smallest absolute Gasteiger partial charge is 0.423 e. The molecule has 0 radical (unpaired) electrons. The third-order valence-electron chi connectivity index (χ3n) is 6.67. The Bertz CT molecular complexity index is 808. The molecule has 2 heterocycles. The molecule has 0 bridgehead atoms. The second kappa shape index (κ2) is 8.00. The number of hydrogen-bond acceptors (Lipinski definition) is 4. The lowest BCUT2D eigenvalue weighted by molar-refractivity contribution is 0.175. The predicted octanol–water partition coefficient (Wildman–Crippen LogP) is 2.26. The minimum absolute atomic E-state index is 0.531. The molecule has 5 rings (SSSR count). The Kier molecular flexibility index (Phi) is 5.25. The number of benzene rings is 2. The molecule has 2 atom stereocenters. The number of nitrogens with zero attached hydrogens (tertiary/aromatic N) is 1. The van der Waals surface area contributed by atoms with Crippen LogP contribution in [-0.4, -0.2) is 42.7 Å². The van der Waals surface area contributed by atoms with Gasteiger partial charge in [0.25, 0.3) is 0 Å². The summed E-state index contributed by atoms with van der Waals surface area (Å²) in [5, 5.41) is 13.6. The summed E-state index contributed by atoms with van der Waals surface area (Å²) in [5.41, 5.74) is 4.89. The summed E-state index contributed by atoms with van der Waals surface area (Å²) < 4.78 is 5.30. The molecule has 146 valence electrons. The molecule has 2 unspecified atom stereocenters. The number of piperidine rings is 1. The number of fused-ring (bicyclic) bond motifs is 1. The molecule has 0 aromatic heterocycles. The second-order valence-corrected chi connectivity index (χ2v) is 8.68. The molecule has 2 aromatic rings. The SMILES string of the molecule is OB1OCc2cc(CN3CCC(CNC4CC4c4ccccc4)CC3)ccc21. The van der Waals surface area contributed by atoms with E-state index >= 15 is 0 Å². The second-order valence-electron chi connectivity index (χ2n) is 8.68. The molecular weight excluding hydrogens is 347 g/mol. The highest BCUT2D eigenvalue weighted by atomic mass is 16.5. The van der Waals surface area contributed by atoms with Gasteiger partial charge in [-0.2, -0.15) is 0 Å². The van der Waals surface area contributed by atoms with Crippen LogP contribution in [0, 0.1) is 5.92 Å². The van der Waals surface area contributed by atoms with Gasteiger partial charge in [0, 0.05) is 18.5 Å². The highest BCUT2D eigenvalue weighted by Crippen LogP contribution is 2.40. The van der Waals surface area contributed by atoms with Crippen LogP contribution in [-0.2, 0) is 17.8 Å². The quantitative estimate of drug-likeness (QED) is 0.760. The van der Waals surface area contributed by atoms with E-state index in [1.165, 1.54) is 43.5 Å². The lowest BCUT2D eigenvalue weighted by atomic mass is 9.79. The molecule has 28 heavy (non-hydrogen) atoms. The number of nitrogens with one attached hydrogen (secondary N) is 1. The number of hydrogen-bond donors (Lipinski definition) is 2. The van der Waals surface area contributed by atoms with E-state index in [-0.39, 0.29) is 0 Å². The lowest BCUT2D eigenvalue weighted by Gasteiger charge is -2.32. The van der Waals surface area contributed by atoms with Crippen molar-refractivity contribution in [3.05, 3.63) is 65.2 Å². The topological polar surface area (TPSA) is 44.7 Å². The van der Waals surface area contributed by atoms with Crippen molar-refractivity contribution in [1.82, 2.24) is 10.2 Å². The first-order chi connectivity index (χ1) is 13.8. The maximum atomic E-state index is 9.76. The van der Waals surface area contributed by atoms with E-state index in [1.54, 1.807) is 0 Å². The Morgan fingerprint density at radius 2 is 1.93 bits per heavy atom. The predicted molar refractivity (Wildman–Crippen MR) is 112 cm³/mol. The zero-order chi connectivity index (χ0) is 18.9. The van der Waals surface area contributed by atoms with Crippen LogP contribution in [0.4, 0.5) is 0 Å². The molecule has 2 N–H and O–H groups in total. The fourth-order valence-electron chi connectivity index (χ4n) is 4.80. The Morgan fingerprint density at radius 1 is 1.11 bits per heavy atom. The lowest BCUT2D eigenvalue weighted by Crippen LogP contribution is -2.37. The van der Waals surface area contributed by atoms with Gasteiger partial charge in [0.1, 0.15) is 0 Å². The third kappa shape index (κ3) is 4.03. The van der Waals surface area contributed by atoms with E-state index in [9.17, 15) is 5.02 Å². The monoisotopic (exact) mass is 376 g/mol. The average molecular weight is 376 g/mol. The van der Waals surface area contributed by atoms with E-state index in [1.807, 2.05) is 6.07 Å². The summed E-state index contributed by atoms with van der Waals surface area (Å²) in [6.07, 6.45) is 3.85. The van der Waals surface area contributed by atoms with Crippen LogP contribution < -0.4 is 10.8 Å². The molecule has 3 aliphatic rings. The summed E-state index contributed by atoms with van der Waals surface area (Å²) in [7, 11) is -0.736. The van der Waals surface area contributed by atoms with Crippen LogP contribution in [0.2, 0.25) is 0 Å². The summed E-state index contributed by atoms with van der Waals surface area (Å²) in [5.74, 6) is 1.53. The van der Waals surface area contributed by atoms with E-state index in [4.69, 9.17) is 4.65 Å². The van der Waals surface area contributed by atoms with Gasteiger partial charge in [-0.3, -0.25) is 4.90 Å². The zero-order valence-corrected chi connectivity index (χ0v) is 16.4. The normalized spacial score (nSPS) is 25.1. The van der Waals surface area contributed by atoms with Crippen LogP contribution in [0.1, 0.15) is 41.9 Å². The van der Waals surface area contributed by atoms with Gasteiger partial charge in [-0.05, 0) is 67.0 Å². The van der Waals surface area contributed by atoms with Gasteiger partial charge in [0.05, 0.1) is 6.61 Å². The first kappa shape index (κ1) is 18.4. The fourth-order valence-corrected chi connectivity index (χ4v) is 4.80. The molecular formula is C23H29BN2O2. The van der Waals surface area contributed by atoms with Crippen LogP contribution in [0.15, 0.2) is 48.5 Å². The molecule has 0 amide bonds. The molecule has 2 aromatic carbocycles. The highest BCUT2D eigenvalue weighted by Gasteiger charge is 2.38. The molecule has 2 aliphatic heterocycles. The van der Waals surface area contributed by atoms with Gasteiger partial charge < -0.3 is 15.0 Å². The van der Waals surface area contributed by atoms with Crippen molar-refractivity contribution < 1.29 is 9.68 Å². The summed E-state index contributed by atoms with van der Waals surface area (Å²) >= 11 is 0. The van der Waals surface area contributed by atoms with Crippen molar-refractivity contribution in [3.63, 3.8) is 0 Å². The van der Waals surface area contributed by atoms with E-state index in [2.05, 4.69) is 52.7 Å². The van der Waals surface area contributed by atoms with Crippen LogP contribution in [0.3, 0.4) is 0 Å². The Labute approximate surface area is 168 Å². The fraction of sp³-hybridized carbons (Fsp3) is 0.478. The Hall–Kier alpha value is -1.66. The Balaban J connectivity index is 1.05. The van der Waals surface area contributed by atoms with E-state index in [0.29, 0.717) is 12.6 Å². The van der Waals surface area contributed by atoms with Gasteiger partial charge in [-0.15, -0.1) is 0 Å². The van der Waals surface area contributed by atoms with Crippen molar-refractivity contribution in [1.29, 1.82) is 0 Å². The Morgan fingerprint density at radius 3 is 2.75 bits per heavy atom. The summed E-state index contributed by atoms with van der Waals surface area (Å²) in [6, 6.07) is 18.0. The summed E-state index contributed by atoms with van der Waals surface area (Å²) in [4.78, 5) is 2.56. The largest absolute Gasteiger partial charge is 0.491 e. The van der Waals surface area contributed by atoms with Crippen molar-refractivity contribution in [3.8, 4) is 0 Å². The molecule has 5 heteroatoms. The van der Waals surface area contributed by atoms with Gasteiger partial charge in [0.2, 0.25) is 0 Å². The van der Waals surface area contributed by atoms with Crippen LogP contribution in [0.5, 0.6) is 0 Å². The molecule has 0 spiro atoms. The van der Waals surface area contributed by atoms with Gasteiger partial charge >= 0.3 is 7.12 Å². The first-order valence-corrected chi connectivity index (χ1v) is 10.7. The maximum Gasteiger partial charge on any atom is 0.491 e. The maximum absolute atomic E-state index is 9.76. The van der Waals surface area contributed by atoms with Crippen molar-refractivity contribution in [2.45, 2.75) is 44.4 Å². The highest BCUT2D eigenvalue weighted by molar-refractivity contribution is 6.61. The number of rotatable bonds is 6. The molecule has 2 fully saturated rings. The minimum atomic E-state index is -0.736. The molecule has 4 nitrogen and oxygen atoms in total. The standard InChI is InChI=1S/C23H29BN2O2/c27-24-22-7-6-18(12-20(22)16-28-24)15-26-10-8-17(9-11-26)14-25-23-13-21(23)19-4-2-1-3-5-19/h1-7,12,17,21,23,25,27H,8-11,13-16H2. The van der Waals surface area contributed by atoms with Gasteiger partial charge in [0.15, 0.2) is 0 Å². The van der Waals surface area contributed by atoms with Crippen LogP contribution >= 0.6 is 0 Å². The van der Waals surface area contributed by atoms with Gasteiger partial charge in [-0.1, -0.05) is 48.5 Å². The van der Waals surface area contributed by atoms with E-state index in [0.717, 1.165) is 36.0 Å². The number of likely N-dealkylation sites (tertiary alicyclic amines) is 1. The molecule has 1 saturated carbocycles. The molecule has 1 saturated heterocycles. The van der Waals surface area contributed by atoms with Gasteiger partial charge in [-0.25, -0.2) is 0 Å². The van der Waals surface area contributed by atoms with Crippen LogP contribution in [0.25, 0.3) is 0 Å². The third-order valence-corrected chi connectivity index (χ3v) is 6.67. The van der Waals surface area contributed by atoms with Crippen molar-refractivity contribution >= 4 is 12.6 Å². The van der Waals surface area contributed by atoms with Crippen molar-refractivity contribution in [2.24, 2.45) is 5.92 Å².